The molecule has 0 aliphatic carbocycles. The fourth-order valence-corrected chi connectivity index (χ4v) is 1.48. The van der Waals surface area contributed by atoms with Crippen molar-refractivity contribution < 1.29 is 9.90 Å². The highest BCUT2D eigenvalue weighted by molar-refractivity contribution is 5.84. The van der Waals surface area contributed by atoms with E-state index in [-0.39, 0.29) is 5.69 Å². The lowest BCUT2D eigenvalue weighted by Crippen LogP contribution is -2.29. The van der Waals surface area contributed by atoms with Gasteiger partial charge in [-0.25, -0.2) is 14.8 Å². The third-order valence-corrected chi connectivity index (χ3v) is 2.79. The Morgan fingerprint density at radius 3 is 2.53 bits per heavy atom. The first-order valence-corrected chi connectivity index (χ1v) is 5.88. The van der Waals surface area contributed by atoms with Gasteiger partial charge < -0.3 is 10.0 Å². The monoisotopic (exact) mass is 237 g/mol. The lowest BCUT2D eigenvalue weighted by molar-refractivity contribution is 0.0690. The van der Waals surface area contributed by atoms with Crippen molar-refractivity contribution in [3.05, 3.63) is 18.1 Å². The smallest absolute Gasteiger partial charge is 0.356 e. The molecule has 0 aromatic carbocycles. The van der Waals surface area contributed by atoms with Gasteiger partial charge in [-0.2, -0.15) is 0 Å². The number of rotatable bonds is 6. The maximum Gasteiger partial charge on any atom is 0.356 e. The molecular formula is C12H19N3O2. The van der Waals surface area contributed by atoms with Gasteiger partial charge in [-0.1, -0.05) is 20.3 Å². The van der Waals surface area contributed by atoms with Gasteiger partial charge in [0.15, 0.2) is 5.69 Å². The van der Waals surface area contributed by atoms with Gasteiger partial charge in [0.05, 0.1) is 12.4 Å². The lowest BCUT2D eigenvalue weighted by atomic mass is 10.1. The van der Waals surface area contributed by atoms with Crippen LogP contribution in [-0.2, 0) is 0 Å². The van der Waals surface area contributed by atoms with Crippen LogP contribution in [0.5, 0.6) is 0 Å². The minimum atomic E-state index is -1.05. The van der Waals surface area contributed by atoms with Crippen LogP contribution in [0.1, 0.15) is 37.7 Å². The molecule has 1 heterocycles. The van der Waals surface area contributed by atoms with Crippen molar-refractivity contribution in [2.24, 2.45) is 5.92 Å². The van der Waals surface area contributed by atoms with E-state index in [4.69, 9.17) is 5.11 Å². The topological polar surface area (TPSA) is 66.3 Å². The van der Waals surface area contributed by atoms with E-state index in [0.717, 1.165) is 25.3 Å². The van der Waals surface area contributed by atoms with Crippen LogP contribution < -0.4 is 4.90 Å². The fraction of sp³-hybridized carbons (Fsp3) is 0.583. The van der Waals surface area contributed by atoms with Gasteiger partial charge in [0, 0.05) is 13.1 Å². The van der Waals surface area contributed by atoms with Gasteiger partial charge >= 0.3 is 5.97 Å². The number of nitrogens with zero attached hydrogens (tertiary/aromatic N) is 3. The molecule has 0 radical (unpaired) electrons. The van der Waals surface area contributed by atoms with E-state index in [9.17, 15) is 4.79 Å². The highest BCUT2D eigenvalue weighted by atomic mass is 16.4. The molecular weight excluding hydrogens is 218 g/mol. The van der Waals surface area contributed by atoms with Crippen LogP contribution in [0, 0.1) is 5.92 Å². The molecule has 0 spiro atoms. The zero-order chi connectivity index (χ0) is 12.8. The number of aromatic carboxylic acids is 1. The summed E-state index contributed by atoms with van der Waals surface area (Å²) >= 11 is 0. The molecule has 0 bridgehead atoms. The lowest BCUT2D eigenvalue weighted by Gasteiger charge is -2.24. The normalized spacial score (nSPS) is 12.2. The molecule has 5 heteroatoms. The van der Waals surface area contributed by atoms with Gasteiger partial charge in [-0.3, -0.25) is 0 Å². The second-order valence-corrected chi connectivity index (χ2v) is 4.12. The van der Waals surface area contributed by atoms with Crippen molar-refractivity contribution in [1.29, 1.82) is 0 Å². The van der Waals surface area contributed by atoms with E-state index in [1.54, 1.807) is 0 Å². The Morgan fingerprint density at radius 1 is 1.41 bits per heavy atom. The van der Waals surface area contributed by atoms with Crippen molar-refractivity contribution in [3.8, 4) is 0 Å². The van der Waals surface area contributed by atoms with Crippen molar-refractivity contribution in [1.82, 2.24) is 9.97 Å². The molecule has 1 N–H and O–H groups in total. The van der Waals surface area contributed by atoms with Crippen LogP contribution in [0.2, 0.25) is 0 Å². The van der Waals surface area contributed by atoms with Crippen molar-refractivity contribution in [2.75, 3.05) is 18.0 Å². The maximum absolute atomic E-state index is 10.7. The Morgan fingerprint density at radius 2 is 2.12 bits per heavy atom. The standard InChI is InChI=1S/C12H19N3O2/c1-4-9(3)8-15(5-2)11-7-13-10(6-14-11)12(16)17/h6-7,9H,4-5,8H2,1-3H3,(H,16,17). The van der Waals surface area contributed by atoms with E-state index in [0.29, 0.717) is 5.92 Å². The van der Waals surface area contributed by atoms with Gasteiger partial charge in [0.25, 0.3) is 0 Å². The molecule has 0 saturated heterocycles. The number of aromatic nitrogens is 2. The predicted octanol–water partition coefficient (Wildman–Crippen LogP) is 2.05. The second-order valence-electron chi connectivity index (χ2n) is 4.12. The quantitative estimate of drug-likeness (QED) is 0.820. The summed E-state index contributed by atoms with van der Waals surface area (Å²) in [6.45, 7) is 8.13. The molecule has 1 aromatic heterocycles. The third-order valence-electron chi connectivity index (χ3n) is 2.79. The SMILES string of the molecule is CCC(C)CN(CC)c1cnc(C(=O)O)cn1. The molecule has 1 unspecified atom stereocenters. The van der Waals surface area contributed by atoms with Gasteiger partial charge in [-0.05, 0) is 12.8 Å². The molecule has 17 heavy (non-hydrogen) atoms. The Bertz CT molecular complexity index is 365. The molecule has 0 fully saturated rings. The molecule has 0 aliphatic heterocycles. The summed E-state index contributed by atoms with van der Waals surface area (Å²) in [6, 6.07) is 0. The van der Waals surface area contributed by atoms with E-state index in [2.05, 4.69) is 35.6 Å². The van der Waals surface area contributed by atoms with E-state index in [1.807, 2.05) is 0 Å². The minimum absolute atomic E-state index is 0.0201. The summed E-state index contributed by atoms with van der Waals surface area (Å²) < 4.78 is 0. The van der Waals surface area contributed by atoms with Crippen LogP contribution in [0.25, 0.3) is 0 Å². The highest BCUT2D eigenvalue weighted by Crippen LogP contribution is 2.12. The minimum Gasteiger partial charge on any atom is -0.476 e. The zero-order valence-electron chi connectivity index (χ0n) is 10.6. The average Bonchev–Trinajstić information content (AvgIpc) is 2.35. The summed E-state index contributed by atoms with van der Waals surface area (Å²) in [5.41, 5.74) is -0.0201. The fourth-order valence-electron chi connectivity index (χ4n) is 1.48. The summed E-state index contributed by atoms with van der Waals surface area (Å²) in [5, 5.41) is 8.74. The molecule has 1 rings (SSSR count). The van der Waals surface area contributed by atoms with E-state index < -0.39 is 5.97 Å². The average molecular weight is 237 g/mol. The third kappa shape index (κ3) is 3.69. The number of hydrogen-bond acceptors (Lipinski definition) is 4. The van der Waals surface area contributed by atoms with Crippen LogP contribution >= 0.6 is 0 Å². The van der Waals surface area contributed by atoms with Gasteiger partial charge in [0.1, 0.15) is 5.82 Å². The first-order valence-electron chi connectivity index (χ1n) is 5.88. The van der Waals surface area contributed by atoms with Crippen LogP contribution in [0.4, 0.5) is 5.82 Å². The molecule has 0 aliphatic rings. The van der Waals surface area contributed by atoms with Crippen LogP contribution in [0.3, 0.4) is 0 Å². The van der Waals surface area contributed by atoms with Gasteiger partial charge in [0.2, 0.25) is 0 Å². The van der Waals surface area contributed by atoms with E-state index >= 15 is 0 Å². The molecule has 94 valence electrons. The second kappa shape index (κ2) is 6.18. The van der Waals surface area contributed by atoms with Crippen molar-refractivity contribution in [3.63, 3.8) is 0 Å². The number of carboxylic acids is 1. The number of carbonyl (C=O) groups is 1. The van der Waals surface area contributed by atoms with Crippen molar-refractivity contribution in [2.45, 2.75) is 27.2 Å². The molecule has 1 atom stereocenters. The number of hydrogen-bond donors (Lipinski definition) is 1. The summed E-state index contributed by atoms with van der Waals surface area (Å²) in [7, 11) is 0. The summed E-state index contributed by atoms with van der Waals surface area (Å²) in [4.78, 5) is 20.8. The Kier molecular flexibility index (Phi) is 4.87. The highest BCUT2D eigenvalue weighted by Gasteiger charge is 2.11. The Balaban J connectivity index is 2.78. The first-order chi connectivity index (χ1) is 8.08. The predicted molar refractivity (Wildman–Crippen MR) is 66.3 cm³/mol. The number of anilines is 1. The number of carboxylic acid groups (broad SMARTS) is 1. The van der Waals surface area contributed by atoms with Crippen LogP contribution in [-0.4, -0.2) is 34.1 Å². The molecule has 1 aromatic rings. The molecule has 5 nitrogen and oxygen atoms in total. The van der Waals surface area contributed by atoms with E-state index in [1.165, 1.54) is 12.4 Å². The van der Waals surface area contributed by atoms with Crippen molar-refractivity contribution >= 4 is 11.8 Å². The summed E-state index contributed by atoms with van der Waals surface area (Å²) in [6.07, 6.45) is 3.93. The van der Waals surface area contributed by atoms with Gasteiger partial charge in [-0.15, -0.1) is 0 Å². The summed E-state index contributed by atoms with van der Waals surface area (Å²) in [5.74, 6) is 0.266. The Labute approximate surface area is 102 Å². The molecule has 0 saturated carbocycles. The van der Waals surface area contributed by atoms with Crippen LogP contribution in [0.15, 0.2) is 12.4 Å². The largest absolute Gasteiger partial charge is 0.476 e. The zero-order valence-corrected chi connectivity index (χ0v) is 10.6. The first kappa shape index (κ1) is 13.4. The maximum atomic E-state index is 10.7. The molecule has 0 amide bonds. The Hall–Kier alpha value is -1.65.